The highest BCUT2D eigenvalue weighted by Crippen LogP contribution is 2.18. The van der Waals surface area contributed by atoms with Crippen LogP contribution in [0.25, 0.3) is 0 Å². The molecule has 1 saturated heterocycles. The highest BCUT2D eigenvalue weighted by Gasteiger charge is 2.21. The van der Waals surface area contributed by atoms with Crippen LogP contribution in [0.5, 0.6) is 0 Å². The van der Waals surface area contributed by atoms with E-state index in [0.29, 0.717) is 5.92 Å². The minimum Gasteiger partial charge on any atom is -0.392 e. The smallest absolute Gasteiger partial charge is 0.0694 e. The molecule has 1 heterocycles. The molecule has 1 aliphatic heterocycles. The van der Waals surface area contributed by atoms with Crippen molar-refractivity contribution in [2.75, 3.05) is 26.3 Å². The van der Waals surface area contributed by atoms with Crippen molar-refractivity contribution in [2.45, 2.75) is 32.3 Å². The molecule has 0 aliphatic carbocycles. The molecule has 3 heteroatoms. The third-order valence-corrected chi connectivity index (χ3v) is 2.59. The van der Waals surface area contributed by atoms with Crippen molar-refractivity contribution < 1.29 is 9.84 Å². The molecular formula is C10H21NO2. The minimum absolute atomic E-state index is 0.185. The second-order valence-corrected chi connectivity index (χ2v) is 3.72. The van der Waals surface area contributed by atoms with Crippen LogP contribution >= 0.6 is 0 Å². The molecule has 78 valence electrons. The standard InChI is InChI=1S/C10H21NO2/c1-2-5-11-8-10(12)9-3-6-13-7-4-9/h9-12H,2-8H2,1H3. The molecule has 0 aromatic rings. The van der Waals surface area contributed by atoms with E-state index in [4.69, 9.17) is 4.74 Å². The van der Waals surface area contributed by atoms with E-state index >= 15 is 0 Å². The van der Waals surface area contributed by atoms with Crippen LogP contribution in [0.15, 0.2) is 0 Å². The highest BCUT2D eigenvalue weighted by atomic mass is 16.5. The van der Waals surface area contributed by atoms with Gasteiger partial charge in [0.2, 0.25) is 0 Å². The number of aliphatic hydroxyl groups excluding tert-OH is 1. The molecule has 0 bridgehead atoms. The average molecular weight is 187 g/mol. The summed E-state index contributed by atoms with van der Waals surface area (Å²) in [6, 6.07) is 0. The molecule has 1 atom stereocenters. The summed E-state index contributed by atoms with van der Waals surface area (Å²) in [5.41, 5.74) is 0. The van der Waals surface area contributed by atoms with Crippen molar-refractivity contribution >= 4 is 0 Å². The molecule has 0 aromatic heterocycles. The van der Waals surface area contributed by atoms with Gasteiger partial charge < -0.3 is 15.2 Å². The monoisotopic (exact) mass is 187 g/mol. The maximum absolute atomic E-state index is 9.78. The Morgan fingerprint density at radius 1 is 1.46 bits per heavy atom. The van der Waals surface area contributed by atoms with Gasteiger partial charge in [-0.05, 0) is 31.7 Å². The fraction of sp³-hybridized carbons (Fsp3) is 1.00. The van der Waals surface area contributed by atoms with Crippen molar-refractivity contribution in [3.8, 4) is 0 Å². The summed E-state index contributed by atoms with van der Waals surface area (Å²) in [5.74, 6) is 0.443. The van der Waals surface area contributed by atoms with Crippen molar-refractivity contribution in [3.05, 3.63) is 0 Å². The van der Waals surface area contributed by atoms with E-state index in [1.807, 2.05) is 0 Å². The van der Waals surface area contributed by atoms with Crippen LogP contribution in [0.2, 0.25) is 0 Å². The molecule has 0 amide bonds. The van der Waals surface area contributed by atoms with E-state index in [0.717, 1.165) is 45.6 Å². The van der Waals surface area contributed by atoms with Crippen LogP contribution in [-0.4, -0.2) is 37.5 Å². The van der Waals surface area contributed by atoms with Crippen LogP contribution in [0, 0.1) is 5.92 Å². The second kappa shape index (κ2) is 6.35. The molecular weight excluding hydrogens is 166 g/mol. The maximum Gasteiger partial charge on any atom is 0.0694 e. The van der Waals surface area contributed by atoms with Gasteiger partial charge in [0.15, 0.2) is 0 Å². The molecule has 1 rings (SSSR count). The van der Waals surface area contributed by atoms with Crippen molar-refractivity contribution in [3.63, 3.8) is 0 Å². The minimum atomic E-state index is -0.185. The molecule has 1 fully saturated rings. The van der Waals surface area contributed by atoms with E-state index < -0.39 is 0 Å². The second-order valence-electron chi connectivity index (χ2n) is 3.72. The molecule has 13 heavy (non-hydrogen) atoms. The Bertz CT molecular complexity index is 124. The first-order valence-electron chi connectivity index (χ1n) is 5.31. The van der Waals surface area contributed by atoms with Gasteiger partial charge in [0.1, 0.15) is 0 Å². The summed E-state index contributed by atoms with van der Waals surface area (Å²) in [6.07, 6.45) is 2.96. The SMILES string of the molecule is CCCNCC(O)C1CCOCC1. The van der Waals surface area contributed by atoms with E-state index in [2.05, 4.69) is 12.2 Å². The van der Waals surface area contributed by atoms with Crippen molar-refractivity contribution in [1.29, 1.82) is 0 Å². The van der Waals surface area contributed by atoms with Crippen molar-refractivity contribution in [2.24, 2.45) is 5.92 Å². The average Bonchev–Trinajstić information content (AvgIpc) is 2.19. The first-order chi connectivity index (χ1) is 6.34. The van der Waals surface area contributed by atoms with Gasteiger partial charge in [-0.25, -0.2) is 0 Å². The summed E-state index contributed by atoms with van der Waals surface area (Å²) in [6.45, 7) is 5.50. The van der Waals surface area contributed by atoms with E-state index in [-0.39, 0.29) is 6.10 Å². The Labute approximate surface area is 80.5 Å². The molecule has 1 aliphatic rings. The number of rotatable bonds is 5. The largest absolute Gasteiger partial charge is 0.392 e. The van der Waals surface area contributed by atoms with E-state index in [9.17, 15) is 5.11 Å². The number of hydrogen-bond donors (Lipinski definition) is 2. The zero-order chi connectivity index (χ0) is 9.52. The van der Waals surface area contributed by atoms with Gasteiger partial charge >= 0.3 is 0 Å². The third kappa shape index (κ3) is 4.07. The lowest BCUT2D eigenvalue weighted by molar-refractivity contribution is 0.00865. The molecule has 3 nitrogen and oxygen atoms in total. The zero-order valence-corrected chi connectivity index (χ0v) is 8.46. The van der Waals surface area contributed by atoms with Gasteiger partial charge in [-0.15, -0.1) is 0 Å². The summed E-state index contributed by atoms with van der Waals surface area (Å²) in [4.78, 5) is 0. The zero-order valence-electron chi connectivity index (χ0n) is 8.46. The predicted molar refractivity (Wildman–Crippen MR) is 52.7 cm³/mol. The molecule has 0 saturated carbocycles. The number of nitrogens with one attached hydrogen (secondary N) is 1. The number of hydrogen-bond acceptors (Lipinski definition) is 3. The van der Waals surface area contributed by atoms with Gasteiger partial charge in [-0.3, -0.25) is 0 Å². The van der Waals surface area contributed by atoms with E-state index in [1.54, 1.807) is 0 Å². The van der Waals surface area contributed by atoms with Gasteiger partial charge in [0.05, 0.1) is 6.10 Å². The predicted octanol–water partition coefficient (Wildman–Crippen LogP) is 0.773. The number of aliphatic hydroxyl groups is 1. The van der Waals surface area contributed by atoms with Gasteiger partial charge in [-0.2, -0.15) is 0 Å². The maximum atomic E-state index is 9.78. The molecule has 0 radical (unpaired) electrons. The van der Waals surface area contributed by atoms with Gasteiger partial charge in [-0.1, -0.05) is 6.92 Å². The Kier molecular flexibility index (Phi) is 5.35. The molecule has 0 spiro atoms. The summed E-state index contributed by atoms with van der Waals surface area (Å²) in [7, 11) is 0. The topological polar surface area (TPSA) is 41.5 Å². The van der Waals surface area contributed by atoms with Crippen LogP contribution in [-0.2, 0) is 4.74 Å². The van der Waals surface area contributed by atoms with Crippen LogP contribution in [0.4, 0.5) is 0 Å². The quantitative estimate of drug-likeness (QED) is 0.625. The molecule has 2 N–H and O–H groups in total. The highest BCUT2D eigenvalue weighted by molar-refractivity contribution is 4.73. The Hall–Kier alpha value is -0.120. The summed E-state index contributed by atoms with van der Waals surface area (Å²) in [5, 5.41) is 13.0. The Morgan fingerprint density at radius 2 is 2.15 bits per heavy atom. The van der Waals surface area contributed by atoms with E-state index in [1.165, 1.54) is 0 Å². The first kappa shape index (κ1) is 11.0. The first-order valence-corrected chi connectivity index (χ1v) is 5.31. The number of ether oxygens (including phenoxy) is 1. The fourth-order valence-corrected chi connectivity index (χ4v) is 1.69. The van der Waals surface area contributed by atoms with Crippen LogP contribution in [0.3, 0.4) is 0 Å². The lowest BCUT2D eigenvalue weighted by atomic mass is 9.94. The lowest BCUT2D eigenvalue weighted by Gasteiger charge is -2.26. The summed E-state index contributed by atoms with van der Waals surface area (Å²) >= 11 is 0. The van der Waals surface area contributed by atoms with Crippen molar-refractivity contribution in [1.82, 2.24) is 5.32 Å². The Balaban J connectivity index is 2.09. The van der Waals surface area contributed by atoms with Crippen LogP contribution < -0.4 is 5.32 Å². The fourth-order valence-electron chi connectivity index (χ4n) is 1.69. The molecule has 1 unspecified atom stereocenters. The van der Waals surface area contributed by atoms with Crippen LogP contribution in [0.1, 0.15) is 26.2 Å². The summed E-state index contributed by atoms with van der Waals surface area (Å²) < 4.78 is 5.24. The Morgan fingerprint density at radius 3 is 2.77 bits per heavy atom. The molecule has 0 aromatic carbocycles. The van der Waals surface area contributed by atoms with Gasteiger partial charge in [0.25, 0.3) is 0 Å². The third-order valence-electron chi connectivity index (χ3n) is 2.59. The van der Waals surface area contributed by atoms with Gasteiger partial charge in [0, 0.05) is 19.8 Å². The normalized spacial score (nSPS) is 21.7. The lowest BCUT2D eigenvalue weighted by Crippen LogP contribution is -2.36.